The number of amides is 2. The molecule has 0 aromatic heterocycles. The van der Waals surface area contributed by atoms with Gasteiger partial charge in [0.2, 0.25) is 5.91 Å². The fourth-order valence-electron chi connectivity index (χ4n) is 4.02. The molecule has 6 nitrogen and oxygen atoms in total. The van der Waals surface area contributed by atoms with Gasteiger partial charge in [0.05, 0.1) is 6.42 Å². The van der Waals surface area contributed by atoms with Gasteiger partial charge in [0.1, 0.15) is 11.4 Å². The first-order valence-corrected chi connectivity index (χ1v) is 9.94. The Morgan fingerprint density at radius 2 is 2.04 bits per heavy atom. The lowest BCUT2D eigenvalue weighted by Gasteiger charge is -2.32. The Labute approximate surface area is 165 Å². The molecule has 0 aliphatic carbocycles. The van der Waals surface area contributed by atoms with Crippen LogP contribution in [0.4, 0.5) is 5.69 Å². The van der Waals surface area contributed by atoms with Crippen LogP contribution in [0.2, 0.25) is 0 Å². The molecule has 0 bridgehead atoms. The van der Waals surface area contributed by atoms with Crippen LogP contribution in [-0.4, -0.2) is 41.2 Å². The maximum absolute atomic E-state index is 12.6. The molecule has 0 spiro atoms. The maximum Gasteiger partial charge on any atom is 0.274 e. The van der Waals surface area contributed by atoms with Crippen LogP contribution in [0, 0.1) is 0 Å². The Hall–Kier alpha value is -2.89. The molecule has 1 aromatic rings. The van der Waals surface area contributed by atoms with Crippen molar-refractivity contribution in [3.63, 3.8) is 0 Å². The zero-order valence-corrected chi connectivity index (χ0v) is 16.2. The highest BCUT2D eigenvalue weighted by Crippen LogP contribution is 2.30. The van der Waals surface area contributed by atoms with Gasteiger partial charge in [-0.15, -0.1) is 0 Å². The van der Waals surface area contributed by atoms with E-state index in [9.17, 15) is 9.59 Å². The number of hydrogen-bond donors (Lipinski definition) is 1. The summed E-state index contributed by atoms with van der Waals surface area (Å²) in [5, 5.41) is 2.97. The number of carbonyl (C=O) groups is 2. The van der Waals surface area contributed by atoms with Gasteiger partial charge in [-0.1, -0.05) is 18.2 Å². The third kappa shape index (κ3) is 3.59. The Kier molecular flexibility index (Phi) is 5.03. The molecule has 3 aliphatic rings. The van der Waals surface area contributed by atoms with Crippen molar-refractivity contribution >= 4 is 23.3 Å². The lowest BCUT2D eigenvalue weighted by Crippen LogP contribution is -2.49. The quantitative estimate of drug-likeness (QED) is 0.856. The first-order valence-electron chi connectivity index (χ1n) is 9.94. The number of nitrogens with zero attached hydrogens (tertiary/aromatic N) is 3. The summed E-state index contributed by atoms with van der Waals surface area (Å²) in [6, 6.07) is 8.34. The van der Waals surface area contributed by atoms with Crippen molar-refractivity contribution in [1.29, 1.82) is 0 Å². The summed E-state index contributed by atoms with van der Waals surface area (Å²) in [6.45, 7) is 4.41. The van der Waals surface area contributed by atoms with Gasteiger partial charge in [0.15, 0.2) is 0 Å². The van der Waals surface area contributed by atoms with Gasteiger partial charge in [0.25, 0.3) is 5.91 Å². The highest BCUT2D eigenvalue weighted by molar-refractivity contribution is 6.13. The van der Waals surface area contributed by atoms with Crippen LogP contribution in [0.3, 0.4) is 0 Å². The summed E-state index contributed by atoms with van der Waals surface area (Å²) in [5.74, 6) is 0.164. The molecule has 3 heterocycles. The fourth-order valence-corrected chi connectivity index (χ4v) is 4.02. The number of anilines is 1. The number of aliphatic imine (C=N–C) groups is 1. The van der Waals surface area contributed by atoms with Crippen LogP contribution in [0.5, 0.6) is 0 Å². The molecule has 1 aromatic carbocycles. The van der Waals surface area contributed by atoms with E-state index in [4.69, 9.17) is 0 Å². The largest absolute Gasteiger partial charge is 0.372 e. The molecular weight excluding hydrogens is 352 g/mol. The van der Waals surface area contributed by atoms with E-state index in [1.165, 1.54) is 24.9 Å². The second-order valence-corrected chi connectivity index (χ2v) is 7.79. The van der Waals surface area contributed by atoms with Crippen LogP contribution in [0.1, 0.15) is 38.2 Å². The molecule has 4 rings (SSSR count). The zero-order chi connectivity index (χ0) is 19.6. The highest BCUT2D eigenvalue weighted by atomic mass is 16.2. The molecule has 1 fully saturated rings. The van der Waals surface area contributed by atoms with E-state index in [0.29, 0.717) is 12.4 Å². The standard InChI is InChI=1S/C22H26N4O2/c1-22(21(28)24-19-10-3-6-13-26(19)22)15-20(27)23-16-17-8-7-9-18(14-17)25-11-4-2-5-12-25/h3,6-10,13-14H,2,4-5,11-12,15-16H2,1H3,(H,23,27)/t22-/m1/s1. The second-order valence-electron chi connectivity index (χ2n) is 7.79. The molecule has 1 atom stereocenters. The lowest BCUT2D eigenvalue weighted by atomic mass is 9.95. The average molecular weight is 378 g/mol. The average Bonchev–Trinajstić information content (AvgIpc) is 2.97. The van der Waals surface area contributed by atoms with Gasteiger partial charge in [-0.25, -0.2) is 0 Å². The van der Waals surface area contributed by atoms with Crippen molar-refractivity contribution in [3.05, 3.63) is 54.3 Å². The summed E-state index contributed by atoms with van der Waals surface area (Å²) in [4.78, 5) is 33.3. The predicted molar refractivity (Wildman–Crippen MR) is 110 cm³/mol. The third-order valence-corrected chi connectivity index (χ3v) is 5.67. The summed E-state index contributed by atoms with van der Waals surface area (Å²) in [7, 11) is 0. The van der Waals surface area contributed by atoms with Crippen molar-refractivity contribution in [2.24, 2.45) is 4.99 Å². The van der Waals surface area contributed by atoms with Gasteiger partial charge in [-0.3, -0.25) is 9.59 Å². The molecule has 1 saturated heterocycles. The molecule has 6 heteroatoms. The minimum atomic E-state index is -0.962. The fraction of sp³-hybridized carbons (Fsp3) is 0.409. The number of amidine groups is 1. The van der Waals surface area contributed by atoms with E-state index in [1.807, 2.05) is 24.3 Å². The number of carbonyl (C=O) groups excluding carboxylic acids is 2. The molecule has 0 radical (unpaired) electrons. The van der Waals surface area contributed by atoms with Crippen LogP contribution in [0.15, 0.2) is 53.7 Å². The Balaban J connectivity index is 1.37. The Morgan fingerprint density at radius 1 is 1.21 bits per heavy atom. The van der Waals surface area contributed by atoms with E-state index < -0.39 is 5.54 Å². The predicted octanol–water partition coefficient (Wildman–Crippen LogP) is 2.77. The molecule has 0 saturated carbocycles. The number of benzene rings is 1. The second kappa shape index (κ2) is 7.62. The number of hydrogen-bond acceptors (Lipinski definition) is 4. The molecule has 3 aliphatic heterocycles. The van der Waals surface area contributed by atoms with Crippen molar-refractivity contribution < 1.29 is 9.59 Å². The molecule has 146 valence electrons. The van der Waals surface area contributed by atoms with E-state index in [-0.39, 0.29) is 18.2 Å². The third-order valence-electron chi connectivity index (χ3n) is 5.67. The van der Waals surface area contributed by atoms with Crippen LogP contribution in [0.25, 0.3) is 0 Å². The first kappa shape index (κ1) is 18.5. The van der Waals surface area contributed by atoms with Crippen molar-refractivity contribution in [2.75, 3.05) is 18.0 Å². The van der Waals surface area contributed by atoms with Crippen LogP contribution >= 0.6 is 0 Å². The van der Waals surface area contributed by atoms with Crippen molar-refractivity contribution in [3.8, 4) is 0 Å². The molecule has 2 amide bonds. The number of nitrogens with one attached hydrogen (secondary N) is 1. The summed E-state index contributed by atoms with van der Waals surface area (Å²) < 4.78 is 0. The number of allylic oxidation sites excluding steroid dienone is 2. The van der Waals surface area contributed by atoms with Crippen molar-refractivity contribution in [2.45, 2.75) is 44.7 Å². The van der Waals surface area contributed by atoms with Gasteiger partial charge < -0.3 is 15.1 Å². The van der Waals surface area contributed by atoms with Crippen molar-refractivity contribution in [1.82, 2.24) is 10.2 Å². The minimum absolute atomic E-state index is 0.0723. The van der Waals surface area contributed by atoms with Gasteiger partial charge in [-0.2, -0.15) is 4.99 Å². The summed E-state index contributed by atoms with van der Waals surface area (Å²) >= 11 is 0. The highest BCUT2D eigenvalue weighted by Gasteiger charge is 2.46. The molecule has 1 N–H and O–H groups in total. The van der Waals surface area contributed by atoms with Gasteiger partial charge in [0, 0.05) is 31.5 Å². The normalized spacial score (nSPS) is 23.6. The van der Waals surface area contributed by atoms with Gasteiger partial charge >= 0.3 is 0 Å². The number of piperidine rings is 1. The summed E-state index contributed by atoms with van der Waals surface area (Å²) in [6.07, 6.45) is 11.1. The van der Waals surface area contributed by atoms with E-state index in [1.54, 1.807) is 24.1 Å². The molecule has 0 unspecified atom stereocenters. The lowest BCUT2D eigenvalue weighted by molar-refractivity contribution is -0.131. The SMILES string of the molecule is C[C@@]1(CC(=O)NCc2cccc(N3CCCCC3)c2)C(=O)N=C2C=CC=CN21. The van der Waals surface area contributed by atoms with E-state index in [0.717, 1.165) is 18.7 Å². The smallest absolute Gasteiger partial charge is 0.274 e. The van der Waals surface area contributed by atoms with E-state index >= 15 is 0 Å². The Morgan fingerprint density at radius 3 is 2.86 bits per heavy atom. The molecular formula is C22H26N4O2. The first-order chi connectivity index (χ1) is 13.6. The Bertz CT molecular complexity index is 867. The monoisotopic (exact) mass is 378 g/mol. The van der Waals surface area contributed by atoms with Gasteiger partial charge in [-0.05, 0) is 56.0 Å². The van der Waals surface area contributed by atoms with Crippen LogP contribution in [-0.2, 0) is 16.1 Å². The number of rotatable bonds is 5. The topological polar surface area (TPSA) is 65.0 Å². The maximum atomic E-state index is 12.6. The minimum Gasteiger partial charge on any atom is -0.372 e. The van der Waals surface area contributed by atoms with Crippen LogP contribution < -0.4 is 10.2 Å². The number of fused-ring (bicyclic) bond motifs is 1. The zero-order valence-electron chi connectivity index (χ0n) is 16.2. The van der Waals surface area contributed by atoms with E-state index in [2.05, 4.69) is 27.3 Å². The summed E-state index contributed by atoms with van der Waals surface area (Å²) in [5.41, 5.74) is 1.32. The molecule has 28 heavy (non-hydrogen) atoms.